The predicted octanol–water partition coefficient (Wildman–Crippen LogP) is 1.81. The maximum atomic E-state index is 11.7. The highest BCUT2D eigenvalue weighted by Gasteiger charge is 2.31. The number of amides is 1. The van der Waals surface area contributed by atoms with Gasteiger partial charge in [0.05, 0.1) is 5.60 Å². The van der Waals surface area contributed by atoms with Crippen LogP contribution in [0.15, 0.2) is 0 Å². The van der Waals surface area contributed by atoms with Gasteiger partial charge in [-0.25, -0.2) is 0 Å². The molecule has 1 saturated carbocycles. The van der Waals surface area contributed by atoms with Crippen molar-refractivity contribution in [3.8, 4) is 0 Å². The zero-order chi connectivity index (χ0) is 10.8. The van der Waals surface area contributed by atoms with Crippen molar-refractivity contribution < 1.29 is 9.53 Å². The van der Waals surface area contributed by atoms with Crippen LogP contribution < -0.4 is 0 Å². The lowest BCUT2D eigenvalue weighted by Gasteiger charge is -2.24. The first-order valence-corrected chi connectivity index (χ1v) is 5.37. The van der Waals surface area contributed by atoms with E-state index in [0.717, 1.165) is 19.4 Å². The van der Waals surface area contributed by atoms with Crippen LogP contribution in [0.5, 0.6) is 0 Å². The number of hydrogen-bond acceptors (Lipinski definition) is 2. The van der Waals surface area contributed by atoms with Crippen LogP contribution in [-0.4, -0.2) is 35.6 Å². The van der Waals surface area contributed by atoms with E-state index in [2.05, 4.69) is 0 Å². The van der Waals surface area contributed by atoms with E-state index in [-0.39, 0.29) is 18.1 Å². The summed E-state index contributed by atoms with van der Waals surface area (Å²) in [6.45, 7) is 8.94. The molecule has 0 aromatic rings. The molecule has 14 heavy (non-hydrogen) atoms. The fraction of sp³-hybridized carbons (Fsp3) is 0.909. The van der Waals surface area contributed by atoms with E-state index in [4.69, 9.17) is 4.74 Å². The zero-order valence-corrected chi connectivity index (χ0v) is 9.67. The minimum absolute atomic E-state index is 0.130. The Bertz CT molecular complexity index is 204. The molecule has 1 rings (SSSR count). The summed E-state index contributed by atoms with van der Waals surface area (Å²) >= 11 is 0. The Balaban J connectivity index is 2.32. The Labute approximate surface area is 86.4 Å². The number of ether oxygens (including phenoxy) is 1. The van der Waals surface area contributed by atoms with Crippen LogP contribution in [0, 0.1) is 0 Å². The number of hydrogen-bond donors (Lipinski definition) is 0. The highest BCUT2D eigenvalue weighted by atomic mass is 16.5. The van der Waals surface area contributed by atoms with Gasteiger partial charge in [-0.05, 0) is 40.5 Å². The van der Waals surface area contributed by atoms with E-state index in [9.17, 15) is 4.79 Å². The number of rotatable bonds is 4. The molecule has 3 heteroatoms. The summed E-state index contributed by atoms with van der Waals surface area (Å²) in [6, 6.07) is 0.496. The van der Waals surface area contributed by atoms with Crippen LogP contribution in [0.3, 0.4) is 0 Å². The van der Waals surface area contributed by atoms with Crippen molar-refractivity contribution in [3.05, 3.63) is 0 Å². The maximum absolute atomic E-state index is 11.7. The van der Waals surface area contributed by atoms with Gasteiger partial charge in [0.25, 0.3) is 0 Å². The Morgan fingerprint density at radius 2 is 2.00 bits per heavy atom. The predicted molar refractivity (Wildman–Crippen MR) is 56.1 cm³/mol. The molecule has 0 spiro atoms. The molecule has 1 aliphatic rings. The van der Waals surface area contributed by atoms with Crippen LogP contribution in [0.25, 0.3) is 0 Å². The standard InChI is InChI=1S/C11H21NO2/c1-5-12(9-6-7-9)10(13)8-14-11(2,3)4/h9H,5-8H2,1-4H3. The van der Waals surface area contributed by atoms with Gasteiger partial charge in [-0.15, -0.1) is 0 Å². The summed E-state index contributed by atoms with van der Waals surface area (Å²) in [6.07, 6.45) is 2.32. The van der Waals surface area contributed by atoms with Crippen molar-refractivity contribution in [2.45, 2.75) is 52.2 Å². The zero-order valence-electron chi connectivity index (χ0n) is 9.67. The number of likely N-dealkylation sites (N-methyl/N-ethyl adjacent to an activating group) is 1. The second-order valence-corrected chi connectivity index (χ2v) is 4.81. The third-order valence-corrected chi connectivity index (χ3v) is 2.28. The Kier molecular flexibility index (Phi) is 3.53. The van der Waals surface area contributed by atoms with Crippen LogP contribution in [0.1, 0.15) is 40.5 Å². The van der Waals surface area contributed by atoms with Crippen LogP contribution in [0.4, 0.5) is 0 Å². The molecule has 0 N–H and O–H groups in total. The molecule has 0 saturated heterocycles. The molecular weight excluding hydrogens is 178 g/mol. The molecule has 0 aromatic carbocycles. The van der Waals surface area contributed by atoms with Gasteiger partial charge in [-0.1, -0.05) is 0 Å². The normalized spacial score (nSPS) is 16.9. The van der Waals surface area contributed by atoms with E-state index in [0.29, 0.717) is 6.04 Å². The lowest BCUT2D eigenvalue weighted by molar-refractivity contribution is -0.141. The van der Waals surface area contributed by atoms with Crippen molar-refractivity contribution in [3.63, 3.8) is 0 Å². The fourth-order valence-corrected chi connectivity index (χ4v) is 1.39. The third-order valence-electron chi connectivity index (χ3n) is 2.28. The fourth-order valence-electron chi connectivity index (χ4n) is 1.39. The molecule has 1 fully saturated rings. The first-order chi connectivity index (χ1) is 6.44. The van der Waals surface area contributed by atoms with Crippen molar-refractivity contribution in [1.29, 1.82) is 0 Å². The van der Waals surface area contributed by atoms with Gasteiger partial charge in [0.1, 0.15) is 6.61 Å². The minimum Gasteiger partial charge on any atom is -0.366 e. The quantitative estimate of drug-likeness (QED) is 0.691. The summed E-state index contributed by atoms with van der Waals surface area (Å²) in [5.41, 5.74) is -0.224. The molecule has 0 bridgehead atoms. The summed E-state index contributed by atoms with van der Waals surface area (Å²) in [7, 11) is 0. The molecule has 1 aliphatic carbocycles. The van der Waals surface area contributed by atoms with Crippen LogP contribution in [-0.2, 0) is 9.53 Å². The van der Waals surface area contributed by atoms with E-state index < -0.39 is 0 Å². The van der Waals surface area contributed by atoms with Crippen molar-refractivity contribution in [2.75, 3.05) is 13.2 Å². The van der Waals surface area contributed by atoms with Crippen molar-refractivity contribution in [1.82, 2.24) is 4.90 Å². The maximum Gasteiger partial charge on any atom is 0.248 e. The minimum atomic E-state index is -0.224. The van der Waals surface area contributed by atoms with Gasteiger partial charge in [0, 0.05) is 12.6 Å². The Morgan fingerprint density at radius 3 is 2.36 bits per heavy atom. The molecule has 0 aliphatic heterocycles. The molecular formula is C11H21NO2. The smallest absolute Gasteiger partial charge is 0.248 e. The third kappa shape index (κ3) is 3.66. The first kappa shape index (κ1) is 11.5. The Hall–Kier alpha value is -0.570. The average Bonchev–Trinajstić information content (AvgIpc) is 2.85. The molecule has 82 valence electrons. The van der Waals surface area contributed by atoms with Crippen molar-refractivity contribution >= 4 is 5.91 Å². The molecule has 0 heterocycles. The van der Waals surface area contributed by atoms with E-state index in [1.807, 2.05) is 32.6 Å². The number of carbonyl (C=O) groups excluding carboxylic acids is 1. The summed E-state index contributed by atoms with van der Waals surface area (Å²) in [5, 5.41) is 0. The largest absolute Gasteiger partial charge is 0.366 e. The van der Waals surface area contributed by atoms with E-state index >= 15 is 0 Å². The molecule has 3 nitrogen and oxygen atoms in total. The highest BCUT2D eigenvalue weighted by molar-refractivity contribution is 5.78. The molecule has 1 amide bonds. The van der Waals surface area contributed by atoms with E-state index in [1.165, 1.54) is 0 Å². The Morgan fingerprint density at radius 1 is 1.43 bits per heavy atom. The summed E-state index contributed by atoms with van der Waals surface area (Å²) < 4.78 is 5.46. The second kappa shape index (κ2) is 4.30. The average molecular weight is 199 g/mol. The monoisotopic (exact) mass is 199 g/mol. The lowest BCUT2D eigenvalue weighted by Crippen LogP contribution is -2.37. The van der Waals surface area contributed by atoms with Gasteiger partial charge in [0.15, 0.2) is 0 Å². The van der Waals surface area contributed by atoms with Crippen LogP contribution >= 0.6 is 0 Å². The first-order valence-electron chi connectivity index (χ1n) is 5.37. The van der Waals surface area contributed by atoms with Gasteiger partial charge in [-0.2, -0.15) is 0 Å². The molecule has 0 atom stereocenters. The van der Waals surface area contributed by atoms with Gasteiger partial charge >= 0.3 is 0 Å². The topological polar surface area (TPSA) is 29.5 Å². The molecule has 0 unspecified atom stereocenters. The number of nitrogens with zero attached hydrogens (tertiary/aromatic N) is 1. The summed E-state index contributed by atoms with van der Waals surface area (Å²) in [4.78, 5) is 13.6. The SMILES string of the molecule is CCN(C(=O)COC(C)(C)C)C1CC1. The molecule has 0 aromatic heterocycles. The van der Waals surface area contributed by atoms with Gasteiger partial charge in [0.2, 0.25) is 5.91 Å². The second-order valence-electron chi connectivity index (χ2n) is 4.81. The van der Waals surface area contributed by atoms with Crippen LogP contribution in [0.2, 0.25) is 0 Å². The lowest BCUT2D eigenvalue weighted by atomic mass is 10.2. The van der Waals surface area contributed by atoms with E-state index in [1.54, 1.807) is 0 Å². The van der Waals surface area contributed by atoms with Crippen molar-refractivity contribution in [2.24, 2.45) is 0 Å². The number of carbonyl (C=O) groups is 1. The summed E-state index contributed by atoms with van der Waals surface area (Å²) in [5.74, 6) is 0.130. The van der Waals surface area contributed by atoms with Gasteiger partial charge < -0.3 is 9.64 Å². The highest BCUT2D eigenvalue weighted by Crippen LogP contribution is 2.26. The van der Waals surface area contributed by atoms with Gasteiger partial charge in [-0.3, -0.25) is 4.79 Å². The molecule has 0 radical (unpaired) electrons.